The molecule has 0 bridgehead atoms. The number of carboxylic acid groups (broad SMARTS) is 1. The minimum atomic E-state index is -0.806. The number of hydrogen-bond donors (Lipinski definition) is 3. The summed E-state index contributed by atoms with van der Waals surface area (Å²) < 4.78 is 0.906. The van der Waals surface area contributed by atoms with Crippen molar-refractivity contribution in [3.8, 4) is 0 Å². The Morgan fingerprint density at radius 2 is 2.05 bits per heavy atom. The minimum absolute atomic E-state index is 0.287. The summed E-state index contributed by atoms with van der Waals surface area (Å²) in [6, 6.07) is 5.36. The molecule has 110 valence electrons. The molecule has 1 rings (SSSR count). The Morgan fingerprint density at radius 3 is 2.65 bits per heavy atom. The average Bonchev–Trinajstić information content (AvgIpc) is 2.32. The molecule has 0 saturated carbocycles. The van der Waals surface area contributed by atoms with Gasteiger partial charge in [-0.05, 0) is 43.5 Å². The molecule has 0 heterocycles. The van der Waals surface area contributed by atoms with E-state index in [0.717, 1.165) is 10.0 Å². The molecule has 0 aromatic heterocycles. The van der Waals surface area contributed by atoms with E-state index in [1.807, 2.05) is 25.1 Å². The van der Waals surface area contributed by atoms with Crippen molar-refractivity contribution >= 4 is 33.6 Å². The molecule has 0 spiro atoms. The molecule has 1 aromatic carbocycles. The number of amides is 2. The Hall–Kier alpha value is -1.56. The molecule has 0 aliphatic carbocycles. The highest BCUT2D eigenvalue weighted by Crippen LogP contribution is 2.18. The second kappa shape index (κ2) is 7.89. The van der Waals surface area contributed by atoms with Crippen LogP contribution in [0.25, 0.3) is 0 Å². The molecule has 1 unspecified atom stereocenters. The van der Waals surface area contributed by atoms with Crippen molar-refractivity contribution in [1.82, 2.24) is 5.32 Å². The summed E-state index contributed by atoms with van der Waals surface area (Å²) in [5.41, 5.74) is 1.76. The van der Waals surface area contributed by atoms with Crippen molar-refractivity contribution in [2.45, 2.75) is 26.7 Å². The first kappa shape index (κ1) is 16.5. The lowest BCUT2D eigenvalue weighted by molar-refractivity contribution is -0.141. The van der Waals surface area contributed by atoms with Crippen molar-refractivity contribution in [3.05, 3.63) is 28.2 Å². The molecule has 1 aromatic rings. The lowest BCUT2D eigenvalue weighted by atomic mass is 10.1. The van der Waals surface area contributed by atoms with Crippen LogP contribution in [0, 0.1) is 12.8 Å². The van der Waals surface area contributed by atoms with Gasteiger partial charge in [0, 0.05) is 16.7 Å². The van der Waals surface area contributed by atoms with Gasteiger partial charge in [-0.3, -0.25) is 4.79 Å². The number of nitrogens with one attached hydrogen (secondary N) is 2. The first-order chi connectivity index (χ1) is 9.38. The minimum Gasteiger partial charge on any atom is -0.481 e. The molecule has 1 atom stereocenters. The summed E-state index contributed by atoms with van der Waals surface area (Å²) in [5, 5.41) is 14.2. The summed E-state index contributed by atoms with van der Waals surface area (Å²) in [6.45, 7) is 4.06. The first-order valence-corrected chi connectivity index (χ1v) is 7.22. The van der Waals surface area contributed by atoms with Gasteiger partial charge in [0.15, 0.2) is 0 Å². The third-order valence-electron chi connectivity index (χ3n) is 2.82. The Morgan fingerprint density at radius 1 is 1.35 bits per heavy atom. The van der Waals surface area contributed by atoms with E-state index in [1.165, 1.54) is 0 Å². The van der Waals surface area contributed by atoms with Crippen LogP contribution in [0.3, 0.4) is 0 Å². The molecule has 0 saturated heterocycles. The SMILES string of the molecule is Cc1cc(Br)cc(NC(=O)NCCCC(C)C(=O)O)c1. The number of hydrogen-bond acceptors (Lipinski definition) is 2. The number of carbonyl (C=O) groups excluding carboxylic acids is 1. The van der Waals surface area contributed by atoms with E-state index in [1.54, 1.807) is 6.92 Å². The summed E-state index contributed by atoms with van der Waals surface area (Å²) in [6.07, 6.45) is 1.18. The van der Waals surface area contributed by atoms with Crippen LogP contribution in [-0.4, -0.2) is 23.7 Å². The fourth-order valence-electron chi connectivity index (χ4n) is 1.72. The molecule has 0 radical (unpaired) electrons. The number of halogens is 1. The van der Waals surface area contributed by atoms with Gasteiger partial charge in [0.25, 0.3) is 0 Å². The van der Waals surface area contributed by atoms with Crippen molar-refractivity contribution in [2.24, 2.45) is 5.92 Å². The quantitative estimate of drug-likeness (QED) is 0.693. The second-order valence-corrected chi connectivity index (χ2v) is 5.70. The van der Waals surface area contributed by atoms with E-state index in [4.69, 9.17) is 5.11 Å². The van der Waals surface area contributed by atoms with E-state index in [-0.39, 0.29) is 11.9 Å². The molecular formula is C14H19BrN2O3. The van der Waals surface area contributed by atoms with Gasteiger partial charge in [0.05, 0.1) is 5.92 Å². The molecule has 0 aliphatic rings. The van der Waals surface area contributed by atoms with Gasteiger partial charge in [0.2, 0.25) is 0 Å². The van der Waals surface area contributed by atoms with Crippen LogP contribution in [0.4, 0.5) is 10.5 Å². The van der Waals surface area contributed by atoms with Crippen LogP contribution in [0.15, 0.2) is 22.7 Å². The molecule has 0 fully saturated rings. The molecule has 2 amide bonds. The van der Waals surface area contributed by atoms with Crippen LogP contribution in [0.2, 0.25) is 0 Å². The number of carbonyl (C=O) groups is 2. The van der Waals surface area contributed by atoms with Gasteiger partial charge in [-0.25, -0.2) is 4.79 Å². The number of urea groups is 1. The van der Waals surface area contributed by atoms with Crippen LogP contribution in [0.5, 0.6) is 0 Å². The fraction of sp³-hybridized carbons (Fsp3) is 0.429. The zero-order valence-corrected chi connectivity index (χ0v) is 13.2. The molecular weight excluding hydrogens is 324 g/mol. The van der Waals surface area contributed by atoms with Gasteiger partial charge < -0.3 is 15.7 Å². The van der Waals surface area contributed by atoms with Crippen molar-refractivity contribution in [3.63, 3.8) is 0 Å². The van der Waals surface area contributed by atoms with Gasteiger partial charge in [-0.1, -0.05) is 22.9 Å². The predicted molar refractivity (Wildman–Crippen MR) is 81.9 cm³/mol. The van der Waals surface area contributed by atoms with E-state index in [0.29, 0.717) is 25.1 Å². The molecule has 3 N–H and O–H groups in total. The number of aryl methyl sites for hydroxylation is 1. The molecule has 0 aliphatic heterocycles. The fourth-order valence-corrected chi connectivity index (χ4v) is 2.33. The molecule has 6 heteroatoms. The van der Waals surface area contributed by atoms with E-state index >= 15 is 0 Å². The Bertz CT molecular complexity index is 471. The standard InChI is InChI=1S/C14H19BrN2O3/c1-9-6-11(15)8-12(7-9)17-14(20)16-5-3-4-10(2)13(18)19/h6-8,10H,3-5H2,1-2H3,(H,18,19)(H2,16,17,20). The third kappa shape index (κ3) is 6.06. The second-order valence-electron chi connectivity index (χ2n) is 4.78. The highest BCUT2D eigenvalue weighted by atomic mass is 79.9. The summed E-state index contributed by atoms with van der Waals surface area (Å²) >= 11 is 3.37. The third-order valence-corrected chi connectivity index (χ3v) is 3.28. The van der Waals surface area contributed by atoms with E-state index in [9.17, 15) is 9.59 Å². The number of rotatable bonds is 6. The molecule has 20 heavy (non-hydrogen) atoms. The highest BCUT2D eigenvalue weighted by molar-refractivity contribution is 9.10. The lowest BCUT2D eigenvalue weighted by Crippen LogP contribution is -2.30. The topological polar surface area (TPSA) is 78.4 Å². The maximum Gasteiger partial charge on any atom is 0.319 e. The summed E-state index contributed by atoms with van der Waals surface area (Å²) in [4.78, 5) is 22.3. The maximum absolute atomic E-state index is 11.7. The first-order valence-electron chi connectivity index (χ1n) is 6.43. The smallest absolute Gasteiger partial charge is 0.319 e. The number of benzene rings is 1. The maximum atomic E-state index is 11.7. The molecule has 5 nitrogen and oxygen atoms in total. The van der Waals surface area contributed by atoms with Crippen LogP contribution < -0.4 is 10.6 Å². The number of carboxylic acids is 1. The predicted octanol–water partition coefficient (Wildman–Crippen LogP) is 3.38. The van der Waals surface area contributed by atoms with Gasteiger partial charge in [0.1, 0.15) is 0 Å². The van der Waals surface area contributed by atoms with Gasteiger partial charge in [-0.15, -0.1) is 0 Å². The van der Waals surface area contributed by atoms with Crippen LogP contribution in [0.1, 0.15) is 25.3 Å². The van der Waals surface area contributed by atoms with Crippen LogP contribution >= 0.6 is 15.9 Å². The lowest BCUT2D eigenvalue weighted by Gasteiger charge is -2.10. The highest BCUT2D eigenvalue weighted by Gasteiger charge is 2.10. The van der Waals surface area contributed by atoms with Crippen molar-refractivity contribution < 1.29 is 14.7 Å². The monoisotopic (exact) mass is 342 g/mol. The Balaban J connectivity index is 2.32. The Kier molecular flexibility index (Phi) is 6.51. The van der Waals surface area contributed by atoms with Gasteiger partial charge >= 0.3 is 12.0 Å². The van der Waals surface area contributed by atoms with Gasteiger partial charge in [-0.2, -0.15) is 0 Å². The Labute approximate surface area is 126 Å². The van der Waals surface area contributed by atoms with E-state index in [2.05, 4.69) is 26.6 Å². The number of anilines is 1. The van der Waals surface area contributed by atoms with Crippen molar-refractivity contribution in [1.29, 1.82) is 0 Å². The summed E-state index contributed by atoms with van der Waals surface area (Å²) in [7, 11) is 0. The number of aliphatic carboxylic acids is 1. The normalized spacial score (nSPS) is 11.8. The van der Waals surface area contributed by atoms with E-state index < -0.39 is 5.97 Å². The zero-order chi connectivity index (χ0) is 15.1. The summed E-state index contributed by atoms with van der Waals surface area (Å²) in [5.74, 6) is -1.19. The average molecular weight is 343 g/mol. The van der Waals surface area contributed by atoms with Crippen LogP contribution in [-0.2, 0) is 4.79 Å². The largest absolute Gasteiger partial charge is 0.481 e. The van der Waals surface area contributed by atoms with Crippen molar-refractivity contribution in [2.75, 3.05) is 11.9 Å². The zero-order valence-electron chi connectivity index (χ0n) is 11.6.